The van der Waals surface area contributed by atoms with Gasteiger partial charge in [0.2, 0.25) is 0 Å². The zero-order chi connectivity index (χ0) is 13.3. The van der Waals surface area contributed by atoms with Crippen LogP contribution in [0.15, 0.2) is 22.7 Å². The fraction of sp³-hybridized carbons (Fsp3) is 0.500. The molecule has 1 aliphatic rings. The van der Waals surface area contributed by atoms with E-state index >= 15 is 0 Å². The molecule has 0 spiro atoms. The molecule has 1 aromatic carbocycles. The molecule has 1 amide bonds. The maximum atomic E-state index is 13.8. The maximum Gasteiger partial charge on any atom is 0.257 e. The molecule has 1 aromatic rings. The summed E-state index contributed by atoms with van der Waals surface area (Å²) in [5, 5.41) is 0. The summed E-state index contributed by atoms with van der Waals surface area (Å²) < 4.78 is 14.5. The van der Waals surface area contributed by atoms with Crippen LogP contribution >= 0.6 is 15.9 Å². The third kappa shape index (κ3) is 2.58. The molecule has 2 rings (SSSR count). The molecule has 4 heteroatoms. The van der Waals surface area contributed by atoms with E-state index in [1.165, 1.54) is 6.07 Å². The highest BCUT2D eigenvalue weighted by molar-refractivity contribution is 9.10. The first-order valence-electron chi connectivity index (χ1n) is 6.26. The minimum absolute atomic E-state index is 0.172. The lowest BCUT2D eigenvalue weighted by atomic mass is 10.0. The summed E-state index contributed by atoms with van der Waals surface area (Å²) in [6, 6.07) is 4.84. The van der Waals surface area contributed by atoms with Gasteiger partial charge in [0.25, 0.3) is 5.91 Å². The Labute approximate surface area is 115 Å². The molecule has 1 aliphatic heterocycles. The molecular weight excluding hydrogens is 297 g/mol. The Bertz CT molecular complexity index is 461. The number of amides is 1. The van der Waals surface area contributed by atoms with Crippen molar-refractivity contribution in [2.24, 2.45) is 5.92 Å². The molecule has 1 unspecified atom stereocenters. The quantitative estimate of drug-likeness (QED) is 0.812. The smallest absolute Gasteiger partial charge is 0.257 e. The van der Waals surface area contributed by atoms with Crippen molar-refractivity contribution in [3.8, 4) is 0 Å². The largest absolute Gasteiger partial charge is 0.335 e. The topological polar surface area (TPSA) is 20.3 Å². The third-order valence-corrected chi connectivity index (χ3v) is 3.98. The zero-order valence-corrected chi connectivity index (χ0v) is 12.2. The minimum atomic E-state index is -0.455. The van der Waals surface area contributed by atoms with Crippen LogP contribution in [0.25, 0.3) is 0 Å². The van der Waals surface area contributed by atoms with Gasteiger partial charge in [0.1, 0.15) is 5.82 Å². The normalized spacial score (nSPS) is 19.6. The Hall–Kier alpha value is -0.900. The van der Waals surface area contributed by atoms with Crippen molar-refractivity contribution < 1.29 is 9.18 Å². The number of carbonyl (C=O) groups excluding carboxylic acids is 1. The minimum Gasteiger partial charge on any atom is -0.335 e. The van der Waals surface area contributed by atoms with Crippen molar-refractivity contribution in [2.45, 2.75) is 32.7 Å². The van der Waals surface area contributed by atoms with E-state index in [4.69, 9.17) is 0 Å². The van der Waals surface area contributed by atoms with Crippen LogP contribution in [0.5, 0.6) is 0 Å². The molecule has 0 bridgehead atoms. The number of likely N-dealkylation sites (tertiary alicyclic amines) is 1. The van der Waals surface area contributed by atoms with E-state index in [0.717, 1.165) is 19.4 Å². The molecule has 0 aliphatic carbocycles. The fourth-order valence-corrected chi connectivity index (χ4v) is 2.89. The van der Waals surface area contributed by atoms with Crippen molar-refractivity contribution in [3.63, 3.8) is 0 Å². The van der Waals surface area contributed by atoms with Crippen LogP contribution in [0.1, 0.15) is 37.0 Å². The Morgan fingerprint density at radius 3 is 2.83 bits per heavy atom. The Kier molecular flexibility index (Phi) is 4.05. The van der Waals surface area contributed by atoms with Gasteiger partial charge in [0.15, 0.2) is 0 Å². The first-order valence-corrected chi connectivity index (χ1v) is 7.06. The molecule has 2 nitrogen and oxygen atoms in total. The van der Waals surface area contributed by atoms with E-state index in [-0.39, 0.29) is 17.5 Å². The third-order valence-electron chi connectivity index (χ3n) is 3.49. The summed E-state index contributed by atoms with van der Waals surface area (Å²) in [5.41, 5.74) is 0.172. The zero-order valence-electron chi connectivity index (χ0n) is 10.6. The van der Waals surface area contributed by atoms with Crippen molar-refractivity contribution in [1.82, 2.24) is 4.90 Å². The summed E-state index contributed by atoms with van der Waals surface area (Å²) >= 11 is 3.20. The van der Waals surface area contributed by atoms with Gasteiger partial charge >= 0.3 is 0 Å². The predicted molar refractivity (Wildman–Crippen MR) is 73.0 cm³/mol. The first kappa shape index (κ1) is 13.5. The van der Waals surface area contributed by atoms with Crippen LogP contribution in [0.2, 0.25) is 0 Å². The fourth-order valence-electron chi connectivity index (χ4n) is 2.56. The number of benzene rings is 1. The molecule has 0 aromatic heterocycles. The van der Waals surface area contributed by atoms with Crippen molar-refractivity contribution in [1.29, 1.82) is 0 Å². The molecule has 98 valence electrons. The van der Waals surface area contributed by atoms with Crippen LogP contribution < -0.4 is 0 Å². The highest BCUT2D eigenvalue weighted by atomic mass is 79.9. The monoisotopic (exact) mass is 313 g/mol. The molecule has 18 heavy (non-hydrogen) atoms. The predicted octanol–water partition coefficient (Wildman–Crippen LogP) is 3.85. The van der Waals surface area contributed by atoms with E-state index in [2.05, 4.69) is 29.8 Å². The van der Waals surface area contributed by atoms with Crippen molar-refractivity contribution in [2.75, 3.05) is 6.54 Å². The van der Waals surface area contributed by atoms with Gasteiger partial charge in [-0.3, -0.25) is 4.79 Å². The van der Waals surface area contributed by atoms with E-state index < -0.39 is 5.82 Å². The standard InChI is InChI=1S/C14H17BrFNO/c1-9(2)13-4-3-7-17(13)14(18)11-6-5-10(15)8-12(11)16/h5-6,8-9,13H,3-4,7H2,1-2H3. The lowest BCUT2D eigenvalue weighted by Gasteiger charge is -2.27. The van der Waals surface area contributed by atoms with Gasteiger partial charge in [-0.05, 0) is 37.0 Å². The number of carbonyl (C=O) groups is 1. The van der Waals surface area contributed by atoms with Crippen molar-refractivity contribution in [3.05, 3.63) is 34.1 Å². The molecule has 0 radical (unpaired) electrons. The second-order valence-electron chi connectivity index (χ2n) is 5.08. The summed E-state index contributed by atoms with van der Waals surface area (Å²) in [6.07, 6.45) is 2.02. The van der Waals surface area contributed by atoms with Gasteiger partial charge in [-0.15, -0.1) is 0 Å². The number of halogens is 2. The molecule has 1 heterocycles. The van der Waals surface area contributed by atoms with Gasteiger partial charge in [0, 0.05) is 17.1 Å². The molecule has 1 fully saturated rings. The molecule has 0 saturated carbocycles. The van der Waals surface area contributed by atoms with Gasteiger partial charge < -0.3 is 4.90 Å². The van der Waals surface area contributed by atoms with E-state index in [0.29, 0.717) is 10.4 Å². The molecule has 1 atom stereocenters. The number of hydrogen-bond acceptors (Lipinski definition) is 1. The Morgan fingerprint density at radius 2 is 2.22 bits per heavy atom. The lowest BCUT2D eigenvalue weighted by molar-refractivity contribution is 0.0697. The van der Waals surface area contributed by atoms with Crippen LogP contribution in [-0.4, -0.2) is 23.4 Å². The van der Waals surface area contributed by atoms with Crippen LogP contribution in [-0.2, 0) is 0 Å². The van der Waals surface area contributed by atoms with E-state index in [1.807, 2.05) is 4.90 Å². The van der Waals surface area contributed by atoms with E-state index in [9.17, 15) is 9.18 Å². The van der Waals surface area contributed by atoms with E-state index in [1.54, 1.807) is 12.1 Å². The average molecular weight is 314 g/mol. The molecule has 0 N–H and O–H groups in total. The van der Waals surface area contributed by atoms with Gasteiger partial charge in [-0.1, -0.05) is 29.8 Å². The summed E-state index contributed by atoms with van der Waals surface area (Å²) in [4.78, 5) is 14.2. The highest BCUT2D eigenvalue weighted by Gasteiger charge is 2.32. The van der Waals surface area contributed by atoms with Crippen molar-refractivity contribution >= 4 is 21.8 Å². The Morgan fingerprint density at radius 1 is 1.50 bits per heavy atom. The lowest BCUT2D eigenvalue weighted by Crippen LogP contribution is -2.38. The van der Waals surface area contributed by atoms with Crippen LogP contribution in [0, 0.1) is 11.7 Å². The number of rotatable bonds is 2. The summed E-state index contributed by atoms with van der Waals surface area (Å²) in [6.45, 7) is 4.94. The summed E-state index contributed by atoms with van der Waals surface area (Å²) in [7, 11) is 0. The molecule has 1 saturated heterocycles. The van der Waals surface area contributed by atoms with Crippen LogP contribution in [0.3, 0.4) is 0 Å². The van der Waals surface area contributed by atoms with Gasteiger partial charge in [0.05, 0.1) is 5.56 Å². The Balaban J connectivity index is 2.25. The second-order valence-corrected chi connectivity index (χ2v) is 5.99. The maximum absolute atomic E-state index is 13.8. The highest BCUT2D eigenvalue weighted by Crippen LogP contribution is 2.26. The summed E-state index contributed by atoms with van der Waals surface area (Å²) in [5.74, 6) is -0.227. The molecular formula is C14H17BrFNO. The average Bonchev–Trinajstić information content (AvgIpc) is 2.77. The van der Waals surface area contributed by atoms with Crippen LogP contribution in [0.4, 0.5) is 4.39 Å². The second kappa shape index (κ2) is 5.39. The number of nitrogens with zero attached hydrogens (tertiary/aromatic N) is 1. The number of hydrogen-bond donors (Lipinski definition) is 0. The first-order chi connectivity index (χ1) is 8.50. The SMILES string of the molecule is CC(C)C1CCCN1C(=O)c1ccc(Br)cc1F. The van der Waals surface area contributed by atoms with Gasteiger partial charge in [-0.2, -0.15) is 0 Å². The van der Waals surface area contributed by atoms with Gasteiger partial charge in [-0.25, -0.2) is 4.39 Å².